The maximum absolute atomic E-state index is 14.0. The van der Waals surface area contributed by atoms with Crippen LogP contribution in [0.4, 0.5) is 0 Å². The summed E-state index contributed by atoms with van der Waals surface area (Å²) in [4.78, 5) is 111. The Morgan fingerprint density at radius 2 is 0.953 bits per heavy atom. The highest BCUT2D eigenvalue weighted by molar-refractivity contribution is 5.98. The van der Waals surface area contributed by atoms with E-state index < -0.39 is 121 Å². The van der Waals surface area contributed by atoms with E-state index in [1.165, 1.54) is 0 Å². The van der Waals surface area contributed by atoms with Crippen LogP contribution < -0.4 is 37.6 Å². The van der Waals surface area contributed by atoms with Gasteiger partial charge >= 0.3 is 11.9 Å². The number of nitrogens with one attached hydrogen (secondary N) is 8. The number of hydrogen-bond donors (Lipinski definition) is 14. The molecule has 0 spiro atoms. The Kier molecular flexibility index (Phi) is 17.5. The van der Waals surface area contributed by atoms with Crippen LogP contribution in [0.3, 0.4) is 0 Å². The van der Waals surface area contributed by atoms with Crippen LogP contribution in [0.5, 0.6) is 0 Å². The van der Waals surface area contributed by atoms with Crippen LogP contribution >= 0.6 is 0 Å². The van der Waals surface area contributed by atoms with Gasteiger partial charge < -0.3 is 73.1 Å². The maximum Gasteiger partial charge on any atom is 0.326 e. The van der Waals surface area contributed by atoms with E-state index in [2.05, 4.69) is 41.9 Å². The van der Waals surface area contributed by atoms with E-state index >= 15 is 0 Å². The van der Waals surface area contributed by atoms with Crippen LogP contribution in [0, 0.1) is 5.92 Å². The number of carbonyl (C=O) groups is 8. The molecule has 0 aliphatic heterocycles. The molecule has 9 atom stereocenters. The molecule has 346 valence electrons. The largest absolute Gasteiger partial charge is 0.481 e. The number of benzene rings is 2. The van der Waals surface area contributed by atoms with Crippen molar-refractivity contribution in [2.75, 3.05) is 6.61 Å². The number of aliphatic hydroxyl groups excluding tert-OH is 3. The Morgan fingerprint density at radius 3 is 1.36 bits per heavy atom. The molecule has 0 fully saturated rings. The smallest absolute Gasteiger partial charge is 0.326 e. The first-order valence-corrected chi connectivity index (χ1v) is 20.3. The van der Waals surface area contributed by atoms with Gasteiger partial charge in [0.05, 0.1) is 31.3 Å². The highest BCUT2D eigenvalue weighted by Gasteiger charge is 2.36. The van der Waals surface area contributed by atoms with Crippen LogP contribution in [0.1, 0.15) is 45.2 Å². The number of aliphatic hydroxyl groups is 3. The number of hydrogen-bond acceptors (Lipinski definition) is 12. The van der Waals surface area contributed by atoms with E-state index in [0.717, 1.165) is 19.4 Å². The molecule has 64 heavy (non-hydrogen) atoms. The zero-order valence-electron chi connectivity index (χ0n) is 35.5. The summed E-state index contributed by atoms with van der Waals surface area (Å²) >= 11 is 0. The summed E-state index contributed by atoms with van der Waals surface area (Å²) < 4.78 is 0. The maximum atomic E-state index is 14.0. The highest BCUT2D eigenvalue weighted by Crippen LogP contribution is 2.21. The van der Waals surface area contributed by atoms with E-state index in [9.17, 15) is 58.8 Å². The molecule has 0 bridgehead atoms. The standard InChI is InChI=1S/C42H55N9O13/c1-19(2)33(42(63)64)49-38(59)30(14-23-17-45-28-12-8-6-10-25(23)28)47-41(62)35(21(4)54)51-39(60)31(18-52)48-37(58)29(13-22-16-44-27-11-7-5-9-24(22)27)46-40(61)34(20(3)53)50-36(57)26(43)15-32(55)56/h5-12,16-17,19-21,26,29-31,33-35,44-45,52-54H,13-15,18,43H2,1-4H3,(H,46,61)(H,47,62)(H,48,58)(H,49,59)(H,50,57)(H,51,60)(H,55,56)(H,63,64)/t20-,21-,26+,29+,30+,31+,33+,34+,35+/m1/s1. The number of aromatic nitrogens is 2. The predicted molar refractivity (Wildman–Crippen MR) is 229 cm³/mol. The van der Waals surface area contributed by atoms with E-state index in [0.29, 0.717) is 27.4 Å². The van der Waals surface area contributed by atoms with Gasteiger partial charge in [0.15, 0.2) is 0 Å². The van der Waals surface area contributed by atoms with Gasteiger partial charge in [-0.2, -0.15) is 0 Å². The second kappa shape index (κ2) is 22.5. The molecule has 22 heteroatoms. The first-order valence-electron chi connectivity index (χ1n) is 20.3. The second-order valence-electron chi connectivity index (χ2n) is 15.7. The number of para-hydroxylation sites is 2. The van der Waals surface area contributed by atoms with Crippen molar-refractivity contribution in [3.8, 4) is 0 Å². The van der Waals surface area contributed by atoms with E-state index in [1.54, 1.807) is 74.8 Å². The minimum atomic E-state index is -1.82. The van der Waals surface area contributed by atoms with Crippen LogP contribution in [-0.4, -0.2) is 144 Å². The molecule has 0 unspecified atom stereocenters. The minimum absolute atomic E-state index is 0.153. The molecule has 0 radical (unpaired) electrons. The number of aromatic amines is 2. The highest BCUT2D eigenvalue weighted by atomic mass is 16.4. The average Bonchev–Trinajstić information content (AvgIpc) is 3.84. The van der Waals surface area contributed by atoms with Crippen molar-refractivity contribution in [1.82, 2.24) is 41.9 Å². The Balaban J connectivity index is 1.56. The summed E-state index contributed by atoms with van der Waals surface area (Å²) in [7, 11) is 0. The normalized spacial score (nSPS) is 15.6. The fraction of sp³-hybridized carbons (Fsp3) is 0.429. The van der Waals surface area contributed by atoms with E-state index in [4.69, 9.17) is 10.8 Å². The molecule has 22 nitrogen and oxygen atoms in total. The lowest BCUT2D eigenvalue weighted by Gasteiger charge is -2.28. The minimum Gasteiger partial charge on any atom is -0.481 e. The van der Waals surface area contributed by atoms with Gasteiger partial charge in [-0.25, -0.2) is 4.79 Å². The number of rotatable bonds is 23. The van der Waals surface area contributed by atoms with Gasteiger partial charge in [-0.05, 0) is 43.0 Å². The average molecular weight is 894 g/mol. The number of carboxylic acid groups (broad SMARTS) is 2. The molecule has 2 aromatic heterocycles. The van der Waals surface area contributed by atoms with Gasteiger partial charge in [-0.15, -0.1) is 0 Å². The molecule has 4 aromatic rings. The number of amides is 6. The van der Waals surface area contributed by atoms with Crippen molar-refractivity contribution >= 4 is 69.2 Å². The molecule has 0 saturated heterocycles. The predicted octanol–water partition coefficient (Wildman–Crippen LogP) is -2.36. The third-order valence-corrected chi connectivity index (χ3v) is 10.4. The lowest BCUT2D eigenvalue weighted by atomic mass is 10.0. The fourth-order valence-corrected chi connectivity index (χ4v) is 6.82. The third-order valence-electron chi connectivity index (χ3n) is 10.4. The number of aliphatic carboxylic acids is 2. The van der Waals surface area contributed by atoms with Crippen molar-refractivity contribution in [3.63, 3.8) is 0 Å². The lowest BCUT2D eigenvalue weighted by molar-refractivity contribution is -0.143. The molecule has 0 saturated carbocycles. The summed E-state index contributed by atoms with van der Waals surface area (Å²) in [6, 6.07) is 2.77. The van der Waals surface area contributed by atoms with Gasteiger partial charge in [-0.1, -0.05) is 50.2 Å². The number of fused-ring (bicyclic) bond motifs is 2. The SMILES string of the molecule is CC(C)[C@H](NC(=O)[C@H](Cc1c[nH]c2ccccc12)NC(=O)[C@@H](NC(=O)[C@H](CO)NC(=O)[C@H](Cc1c[nH]c2ccccc12)NC(=O)[C@@H](NC(=O)[C@@H](N)CC(=O)O)[C@@H](C)O)[C@@H](C)O)C(=O)O. The molecule has 15 N–H and O–H groups in total. The van der Waals surface area contributed by atoms with Crippen LogP contribution in [0.25, 0.3) is 21.8 Å². The van der Waals surface area contributed by atoms with Crippen molar-refractivity contribution in [3.05, 3.63) is 72.1 Å². The number of carbonyl (C=O) groups excluding carboxylic acids is 6. The van der Waals surface area contributed by atoms with Gasteiger partial charge in [0.2, 0.25) is 35.4 Å². The molecule has 2 heterocycles. The Bertz CT molecular complexity index is 2320. The Labute approximate surface area is 366 Å². The van der Waals surface area contributed by atoms with Gasteiger partial charge in [0.25, 0.3) is 0 Å². The molecule has 2 aromatic carbocycles. The van der Waals surface area contributed by atoms with Crippen LogP contribution in [0.2, 0.25) is 0 Å². The molecule has 0 aliphatic carbocycles. The number of carboxylic acids is 2. The zero-order valence-corrected chi connectivity index (χ0v) is 35.5. The quantitative estimate of drug-likeness (QED) is 0.0371. The van der Waals surface area contributed by atoms with E-state index in [-0.39, 0.29) is 12.8 Å². The second-order valence-corrected chi connectivity index (χ2v) is 15.7. The lowest BCUT2D eigenvalue weighted by Crippen LogP contribution is -2.63. The first kappa shape index (κ1) is 49.8. The van der Waals surface area contributed by atoms with Gasteiger partial charge in [0, 0.05) is 47.0 Å². The fourth-order valence-electron chi connectivity index (χ4n) is 6.82. The van der Waals surface area contributed by atoms with Gasteiger partial charge in [-0.3, -0.25) is 33.6 Å². The summed E-state index contributed by atoms with van der Waals surface area (Å²) in [6.07, 6.45) is -1.24. The van der Waals surface area contributed by atoms with Crippen molar-refractivity contribution in [1.29, 1.82) is 0 Å². The summed E-state index contributed by atoms with van der Waals surface area (Å²) in [5.41, 5.74) is 8.10. The van der Waals surface area contributed by atoms with Crippen molar-refractivity contribution in [2.45, 2.75) is 101 Å². The molecular weight excluding hydrogens is 839 g/mol. The monoisotopic (exact) mass is 893 g/mol. The summed E-state index contributed by atoms with van der Waals surface area (Å²) in [6.45, 7) is 4.40. The van der Waals surface area contributed by atoms with Crippen LogP contribution in [0.15, 0.2) is 60.9 Å². The first-order chi connectivity index (χ1) is 30.2. The molecule has 0 aliphatic rings. The molecular formula is C42H55N9O13. The molecule has 6 amide bonds. The Morgan fingerprint density at radius 1 is 0.562 bits per heavy atom. The Hall–Kier alpha value is -6.88. The van der Waals surface area contributed by atoms with Gasteiger partial charge in [0.1, 0.15) is 36.3 Å². The van der Waals surface area contributed by atoms with Crippen molar-refractivity contribution in [2.24, 2.45) is 11.7 Å². The number of H-pyrrole nitrogens is 2. The summed E-state index contributed by atoms with van der Waals surface area (Å²) in [5, 5.41) is 65.7. The van der Waals surface area contributed by atoms with Crippen molar-refractivity contribution < 1.29 is 63.9 Å². The number of nitrogens with two attached hydrogens (primary N) is 1. The third kappa shape index (κ3) is 13.1. The van der Waals surface area contributed by atoms with E-state index in [1.807, 2.05) is 0 Å². The van der Waals surface area contributed by atoms with Crippen LogP contribution in [-0.2, 0) is 51.2 Å². The summed E-state index contributed by atoms with van der Waals surface area (Å²) in [5.74, 6) is -9.65. The molecule has 4 rings (SSSR count). The topological polar surface area (TPSA) is 367 Å². The zero-order chi connectivity index (χ0) is 47.4.